The summed E-state index contributed by atoms with van der Waals surface area (Å²) in [6.07, 6.45) is 0. The van der Waals surface area contributed by atoms with E-state index < -0.39 is 4.92 Å². The maximum absolute atomic E-state index is 10.5. The number of phenols is 1. The number of nitro groups is 1. The molecule has 0 unspecified atom stereocenters. The highest BCUT2D eigenvalue weighted by Crippen LogP contribution is 2.24. The van der Waals surface area contributed by atoms with Gasteiger partial charge in [-0.3, -0.25) is 10.1 Å². The van der Waals surface area contributed by atoms with E-state index in [2.05, 4.69) is 21.2 Å². The molecule has 0 aliphatic rings. The summed E-state index contributed by atoms with van der Waals surface area (Å²) in [4.78, 5) is 10.1. The molecule has 5 nitrogen and oxygen atoms in total. The Morgan fingerprint density at radius 3 is 2.30 bits per heavy atom. The van der Waals surface area contributed by atoms with Crippen LogP contribution in [0.4, 0.5) is 5.69 Å². The third-order valence-corrected chi connectivity index (χ3v) is 3.45. The molecule has 0 saturated heterocycles. The van der Waals surface area contributed by atoms with E-state index in [1.807, 2.05) is 12.1 Å². The molecule has 0 bridgehead atoms. The Morgan fingerprint density at radius 1 is 1.10 bits per heavy atom. The van der Waals surface area contributed by atoms with Crippen LogP contribution in [0.1, 0.15) is 11.1 Å². The Morgan fingerprint density at radius 2 is 1.70 bits per heavy atom. The van der Waals surface area contributed by atoms with Gasteiger partial charge in [0.15, 0.2) is 0 Å². The van der Waals surface area contributed by atoms with Gasteiger partial charge in [0, 0.05) is 25.2 Å². The highest BCUT2D eigenvalue weighted by Gasteiger charge is 2.04. The van der Waals surface area contributed by atoms with Crippen LogP contribution in [-0.4, -0.2) is 10.0 Å². The van der Waals surface area contributed by atoms with Crippen molar-refractivity contribution < 1.29 is 10.0 Å². The standard InChI is InChI=1S/C14H13BrN2O3/c15-13-7-11(3-6-14(13)18)9-16-8-10-1-4-12(5-2-10)17(19)20/h1-7,16,18H,8-9H2. The number of nitro benzene ring substituents is 1. The maximum atomic E-state index is 10.5. The van der Waals surface area contributed by atoms with Crippen LogP contribution in [0.25, 0.3) is 0 Å². The van der Waals surface area contributed by atoms with Crippen molar-refractivity contribution in [3.63, 3.8) is 0 Å². The molecular formula is C14H13BrN2O3. The van der Waals surface area contributed by atoms with Gasteiger partial charge in [-0.1, -0.05) is 18.2 Å². The van der Waals surface area contributed by atoms with Gasteiger partial charge in [-0.05, 0) is 39.2 Å². The molecule has 20 heavy (non-hydrogen) atoms. The topological polar surface area (TPSA) is 75.4 Å². The lowest BCUT2D eigenvalue weighted by Crippen LogP contribution is -2.12. The first-order valence-corrected chi connectivity index (χ1v) is 6.77. The molecule has 0 fully saturated rings. The van der Waals surface area contributed by atoms with Crippen LogP contribution in [-0.2, 0) is 13.1 Å². The number of halogens is 1. The molecule has 2 N–H and O–H groups in total. The van der Waals surface area contributed by atoms with Gasteiger partial charge in [0.05, 0.1) is 9.40 Å². The number of hydrogen-bond donors (Lipinski definition) is 2. The van der Waals surface area contributed by atoms with E-state index in [4.69, 9.17) is 0 Å². The molecule has 0 amide bonds. The van der Waals surface area contributed by atoms with Crippen molar-refractivity contribution in [3.8, 4) is 5.75 Å². The van der Waals surface area contributed by atoms with E-state index in [1.165, 1.54) is 12.1 Å². The largest absolute Gasteiger partial charge is 0.507 e. The van der Waals surface area contributed by atoms with Gasteiger partial charge in [-0.2, -0.15) is 0 Å². The maximum Gasteiger partial charge on any atom is 0.269 e. The fraction of sp³-hybridized carbons (Fsp3) is 0.143. The van der Waals surface area contributed by atoms with E-state index >= 15 is 0 Å². The molecule has 0 atom stereocenters. The Balaban J connectivity index is 1.89. The molecule has 0 radical (unpaired) electrons. The number of phenolic OH excluding ortho intramolecular Hbond substituents is 1. The highest BCUT2D eigenvalue weighted by molar-refractivity contribution is 9.10. The van der Waals surface area contributed by atoms with Crippen molar-refractivity contribution in [2.45, 2.75) is 13.1 Å². The molecule has 0 saturated carbocycles. The van der Waals surface area contributed by atoms with Crippen LogP contribution in [0.15, 0.2) is 46.9 Å². The van der Waals surface area contributed by atoms with Crippen LogP contribution in [0.3, 0.4) is 0 Å². The Labute approximate surface area is 124 Å². The lowest BCUT2D eigenvalue weighted by molar-refractivity contribution is -0.384. The summed E-state index contributed by atoms with van der Waals surface area (Å²) in [5.74, 6) is 0.212. The molecule has 0 spiro atoms. The van der Waals surface area contributed by atoms with Gasteiger partial charge in [-0.15, -0.1) is 0 Å². The summed E-state index contributed by atoms with van der Waals surface area (Å²) >= 11 is 3.26. The smallest absolute Gasteiger partial charge is 0.269 e. The average Bonchev–Trinajstić information content (AvgIpc) is 2.43. The van der Waals surface area contributed by atoms with Gasteiger partial charge in [-0.25, -0.2) is 0 Å². The number of hydrogen-bond acceptors (Lipinski definition) is 4. The summed E-state index contributed by atoms with van der Waals surface area (Å²) in [6, 6.07) is 11.8. The summed E-state index contributed by atoms with van der Waals surface area (Å²) in [7, 11) is 0. The van der Waals surface area contributed by atoms with Crippen molar-refractivity contribution >= 4 is 21.6 Å². The summed E-state index contributed by atoms with van der Waals surface area (Å²) < 4.78 is 0.659. The van der Waals surface area contributed by atoms with Gasteiger partial charge < -0.3 is 10.4 Å². The molecule has 0 aliphatic heterocycles. The van der Waals surface area contributed by atoms with Crippen LogP contribution >= 0.6 is 15.9 Å². The van der Waals surface area contributed by atoms with Gasteiger partial charge in [0.25, 0.3) is 5.69 Å². The molecular weight excluding hydrogens is 324 g/mol. The number of benzene rings is 2. The molecule has 2 aromatic carbocycles. The van der Waals surface area contributed by atoms with E-state index in [1.54, 1.807) is 18.2 Å². The molecule has 0 aliphatic carbocycles. The molecule has 2 rings (SSSR count). The molecule has 2 aromatic rings. The van der Waals surface area contributed by atoms with E-state index in [0.29, 0.717) is 17.6 Å². The third-order valence-electron chi connectivity index (χ3n) is 2.82. The fourth-order valence-electron chi connectivity index (χ4n) is 1.75. The zero-order valence-corrected chi connectivity index (χ0v) is 12.1. The predicted molar refractivity (Wildman–Crippen MR) is 79.4 cm³/mol. The SMILES string of the molecule is O=[N+]([O-])c1ccc(CNCc2ccc(O)c(Br)c2)cc1. The molecule has 104 valence electrons. The molecule has 0 aromatic heterocycles. The van der Waals surface area contributed by atoms with E-state index in [0.717, 1.165) is 11.1 Å². The Kier molecular flexibility index (Phi) is 4.70. The normalized spacial score (nSPS) is 10.4. The van der Waals surface area contributed by atoms with Crippen LogP contribution in [0, 0.1) is 10.1 Å². The molecule has 6 heteroatoms. The van der Waals surface area contributed by atoms with Crippen molar-refractivity contribution in [1.29, 1.82) is 0 Å². The van der Waals surface area contributed by atoms with Crippen molar-refractivity contribution in [2.75, 3.05) is 0 Å². The fourth-order valence-corrected chi connectivity index (χ4v) is 2.17. The minimum absolute atomic E-state index is 0.0937. The predicted octanol–water partition coefficient (Wildman–Crippen LogP) is 3.35. The number of rotatable bonds is 5. The van der Waals surface area contributed by atoms with E-state index in [-0.39, 0.29) is 11.4 Å². The van der Waals surface area contributed by atoms with Crippen LogP contribution in [0.2, 0.25) is 0 Å². The second-order valence-electron chi connectivity index (χ2n) is 4.31. The minimum Gasteiger partial charge on any atom is -0.507 e. The molecule has 0 heterocycles. The first-order valence-electron chi connectivity index (χ1n) is 5.97. The van der Waals surface area contributed by atoms with Crippen molar-refractivity contribution in [1.82, 2.24) is 5.32 Å². The average molecular weight is 337 g/mol. The number of aromatic hydroxyl groups is 1. The first kappa shape index (κ1) is 14.5. The Hall–Kier alpha value is -1.92. The third kappa shape index (κ3) is 3.79. The van der Waals surface area contributed by atoms with E-state index in [9.17, 15) is 15.2 Å². The lowest BCUT2D eigenvalue weighted by Gasteiger charge is -2.06. The Bertz CT molecular complexity index is 614. The second-order valence-corrected chi connectivity index (χ2v) is 5.17. The first-order chi connectivity index (χ1) is 9.56. The summed E-state index contributed by atoms with van der Waals surface area (Å²) in [5, 5.41) is 23.2. The van der Waals surface area contributed by atoms with Crippen LogP contribution in [0.5, 0.6) is 5.75 Å². The monoisotopic (exact) mass is 336 g/mol. The van der Waals surface area contributed by atoms with Crippen molar-refractivity contribution in [3.05, 3.63) is 68.2 Å². The number of non-ortho nitro benzene ring substituents is 1. The summed E-state index contributed by atoms with van der Waals surface area (Å²) in [5.41, 5.74) is 2.11. The zero-order chi connectivity index (χ0) is 14.5. The second kappa shape index (κ2) is 6.49. The van der Waals surface area contributed by atoms with Gasteiger partial charge in [0.1, 0.15) is 5.75 Å². The summed E-state index contributed by atoms with van der Waals surface area (Å²) in [6.45, 7) is 1.27. The quantitative estimate of drug-likeness (QED) is 0.648. The van der Waals surface area contributed by atoms with Crippen molar-refractivity contribution in [2.24, 2.45) is 0 Å². The highest BCUT2D eigenvalue weighted by atomic mass is 79.9. The van der Waals surface area contributed by atoms with Crippen LogP contribution < -0.4 is 5.32 Å². The van der Waals surface area contributed by atoms with Gasteiger partial charge >= 0.3 is 0 Å². The zero-order valence-electron chi connectivity index (χ0n) is 10.5. The number of nitrogens with zero attached hydrogens (tertiary/aromatic N) is 1. The number of nitrogens with one attached hydrogen (secondary N) is 1. The minimum atomic E-state index is -0.412. The lowest BCUT2D eigenvalue weighted by atomic mass is 10.2. The van der Waals surface area contributed by atoms with Gasteiger partial charge in [0.2, 0.25) is 0 Å².